The van der Waals surface area contributed by atoms with Crippen LogP contribution in [0.1, 0.15) is 15.3 Å². The number of rotatable bonds is 3. The highest BCUT2D eigenvalue weighted by molar-refractivity contribution is 9.09. The lowest BCUT2D eigenvalue weighted by molar-refractivity contribution is 0.415. The van der Waals surface area contributed by atoms with Crippen molar-refractivity contribution in [1.82, 2.24) is 0 Å². The van der Waals surface area contributed by atoms with Gasteiger partial charge in [-0.15, -0.1) is 11.3 Å². The van der Waals surface area contributed by atoms with Crippen LogP contribution < -0.4 is 4.74 Å². The van der Waals surface area contributed by atoms with E-state index in [0.717, 1.165) is 10.4 Å². The molecule has 18 heavy (non-hydrogen) atoms. The van der Waals surface area contributed by atoms with Crippen LogP contribution in [0, 0.1) is 0 Å². The van der Waals surface area contributed by atoms with E-state index < -0.39 is 0 Å². The van der Waals surface area contributed by atoms with E-state index in [2.05, 4.69) is 15.9 Å². The third-order valence-corrected chi connectivity index (χ3v) is 5.72. The van der Waals surface area contributed by atoms with Crippen LogP contribution in [0.5, 0.6) is 5.75 Å². The average Bonchev–Trinajstić information content (AvgIpc) is 2.77. The van der Waals surface area contributed by atoms with Gasteiger partial charge in [0.15, 0.2) is 0 Å². The van der Waals surface area contributed by atoms with Crippen LogP contribution in [0.2, 0.25) is 15.1 Å². The van der Waals surface area contributed by atoms with E-state index in [1.54, 1.807) is 30.6 Å². The second-order valence-corrected chi connectivity index (χ2v) is 6.59. The summed E-state index contributed by atoms with van der Waals surface area (Å²) in [5.74, 6) is 0.558. The molecule has 0 saturated heterocycles. The fourth-order valence-corrected chi connectivity index (χ4v) is 4.41. The largest absolute Gasteiger partial charge is 0.495 e. The molecule has 1 unspecified atom stereocenters. The molecule has 1 heterocycles. The summed E-state index contributed by atoms with van der Waals surface area (Å²) in [5, 5.41) is 3.76. The number of methoxy groups -OCH3 is 1. The maximum Gasteiger partial charge on any atom is 0.138 e. The molecule has 0 radical (unpaired) electrons. The third-order valence-electron chi connectivity index (χ3n) is 2.42. The van der Waals surface area contributed by atoms with Crippen LogP contribution in [0.4, 0.5) is 0 Å². The van der Waals surface area contributed by atoms with E-state index in [4.69, 9.17) is 39.5 Å². The lowest BCUT2D eigenvalue weighted by Gasteiger charge is -2.13. The molecule has 1 aromatic heterocycles. The Labute approximate surface area is 133 Å². The van der Waals surface area contributed by atoms with E-state index >= 15 is 0 Å². The van der Waals surface area contributed by atoms with E-state index in [1.807, 2.05) is 11.4 Å². The number of hydrogen-bond acceptors (Lipinski definition) is 2. The van der Waals surface area contributed by atoms with Crippen LogP contribution in [-0.2, 0) is 0 Å². The molecule has 0 saturated carbocycles. The molecular weight excluding hydrogens is 378 g/mol. The predicted octanol–water partition coefficient (Wildman–Crippen LogP) is 6.20. The Bertz CT molecular complexity index is 570. The fourth-order valence-electron chi connectivity index (χ4n) is 1.52. The topological polar surface area (TPSA) is 9.23 Å². The Balaban J connectivity index is 2.46. The summed E-state index contributed by atoms with van der Waals surface area (Å²) >= 11 is 23.6. The summed E-state index contributed by atoms with van der Waals surface area (Å²) in [7, 11) is 1.55. The Morgan fingerprint density at radius 2 is 1.89 bits per heavy atom. The first-order valence-electron chi connectivity index (χ1n) is 4.94. The Morgan fingerprint density at radius 1 is 1.17 bits per heavy atom. The van der Waals surface area contributed by atoms with Crippen molar-refractivity contribution in [3.8, 4) is 5.75 Å². The molecule has 0 bridgehead atoms. The monoisotopic (exact) mass is 384 g/mol. The SMILES string of the molecule is COc1cc(Cl)c(C(Br)c2sccc2Cl)cc1Cl. The molecule has 0 amide bonds. The summed E-state index contributed by atoms with van der Waals surface area (Å²) < 4.78 is 5.12. The lowest BCUT2D eigenvalue weighted by Crippen LogP contribution is -1.94. The average molecular weight is 387 g/mol. The van der Waals surface area contributed by atoms with Crippen molar-refractivity contribution in [3.05, 3.63) is 49.1 Å². The van der Waals surface area contributed by atoms with Gasteiger partial charge in [0, 0.05) is 16.0 Å². The number of thiophene rings is 1. The van der Waals surface area contributed by atoms with Gasteiger partial charge in [0.25, 0.3) is 0 Å². The summed E-state index contributed by atoms with van der Waals surface area (Å²) in [6.07, 6.45) is 0. The molecule has 96 valence electrons. The molecule has 2 rings (SSSR count). The number of benzene rings is 1. The van der Waals surface area contributed by atoms with Crippen molar-refractivity contribution >= 4 is 62.1 Å². The molecule has 0 N–H and O–H groups in total. The number of hydrogen-bond donors (Lipinski definition) is 0. The van der Waals surface area contributed by atoms with Gasteiger partial charge in [-0.3, -0.25) is 0 Å². The second-order valence-electron chi connectivity index (χ2n) is 3.50. The zero-order valence-electron chi connectivity index (χ0n) is 9.22. The van der Waals surface area contributed by atoms with E-state index in [1.165, 1.54) is 0 Å². The highest BCUT2D eigenvalue weighted by atomic mass is 79.9. The van der Waals surface area contributed by atoms with Crippen molar-refractivity contribution in [1.29, 1.82) is 0 Å². The van der Waals surface area contributed by atoms with Gasteiger partial charge in [0.05, 0.1) is 22.0 Å². The highest BCUT2D eigenvalue weighted by Gasteiger charge is 2.19. The zero-order valence-corrected chi connectivity index (χ0v) is 13.9. The molecule has 2 aromatic rings. The van der Waals surface area contributed by atoms with Gasteiger partial charge in [-0.25, -0.2) is 0 Å². The molecule has 1 atom stereocenters. The van der Waals surface area contributed by atoms with E-state index in [-0.39, 0.29) is 4.83 Å². The standard InChI is InChI=1S/C12H8BrCl3OS/c1-17-10-5-8(15)6(4-9(10)16)11(13)12-7(14)2-3-18-12/h2-5,11H,1H3. The first-order chi connectivity index (χ1) is 8.54. The minimum Gasteiger partial charge on any atom is -0.495 e. The predicted molar refractivity (Wildman–Crippen MR) is 83.1 cm³/mol. The Hall–Kier alpha value is 0.0700. The molecule has 0 aliphatic rings. The lowest BCUT2D eigenvalue weighted by atomic mass is 10.1. The molecule has 1 aromatic carbocycles. The van der Waals surface area contributed by atoms with E-state index in [9.17, 15) is 0 Å². The highest BCUT2D eigenvalue weighted by Crippen LogP contribution is 2.43. The third kappa shape index (κ3) is 2.81. The minimum atomic E-state index is -0.0825. The molecule has 0 spiro atoms. The molecule has 6 heteroatoms. The van der Waals surface area contributed by atoms with Crippen LogP contribution in [0.25, 0.3) is 0 Å². The van der Waals surface area contributed by atoms with Crippen LogP contribution in [0.3, 0.4) is 0 Å². The molecule has 0 aliphatic heterocycles. The smallest absolute Gasteiger partial charge is 0.138 e. The summed E-state index contributed by atoms with van der Waals surface area (Å²) in [4.78, 5) is 0.917. The van der Waals surface area contributed by atoms with Gasteiger partial charge in [-0.05, 0) is 23.1 Å². The Morgan fingerprint density at radius 3 is 2.44 bits per heavy atom. The van der Waals surface area contributed by atoms with Gasteiger partial charge in [0.1, 0.15) is 5.75 Å². The number of halogens is 4. The first kappa shape index (κ1) is 14.5. The summed E-state index contributed by atoms with van der Waals surface area (Å²) in [6, 6.07) is 5.35. The quantitative estimate of drug-likeness (QED) is 0.571. The molecule has 0 aliphatic carbocycles. The van der Waals surface area contributed by atoms with E-state index in [0.29, 0.717) is 20.8 Å². The number of ether oxygens (including phenoxy) is 1. The van der Waals surface area contributed by atoms with Gasteiger partial charge in [-0.1, -0.05) is 50.7 Å². The normalized spacial score (nSPS) is 12.5. The van der Waals surface area contributed by atoms with Gasteiger partial charge < -0.3 is 4.74 Å². The van der Waals surface area contributed by atoms with Crippen molar-refractivity contribution in [2.45, 2.75) is 4.83 Å². The van der Waals surface area contributed by atoms with Crippen molar-refractivity contribution in [2.75, 3.05) is 7.11 Å². The Kier molecular flexibility index (Phi) is 4.84. The fraction of sp³-hybridized carbons (Fsp3) is 0.167. The van der Waals surface area contributed by atoms with Gasteiger partial charge in [-0.2, -0.15) is 0 Å². The van der Waals surface area contributed by atoms with Crippen LogP contribution in [0.15, 0.2) is 23.6 Å². The summed E-state index contributed by atoms with van der Waals surface area (Å²) in [6.45, 7) is 0. The molecule has 0 fully saturated rings. The van der Waals surface area contributed by atoms with Crippen molar-refractivity contribution in [2.24, 2.45) is 0 Å². The van der Waals surface area contributed by atoms with Gasteiger partial charge in [0.2, 0.25) is 0 Å². The first-order valence-corrected chi connectivity index (χ1v) is 7.87. The zero-order chi connectivity index (χ0) is 13.3. The minimum absolute atomic E-state index is 0.0825. The molecule has 1 nitrogen and oxygen atoms in total. The van der Waals surface area contributed by atoms with Gasteiger partial charge >= 0.3 is 0 Å². The second kappa shape index (κ2) is 6.02. The number of alkyl halides is 1. The van der Waals surface area contributed by atoms with Crippen molar-refractivity contribution in [3.63, 3.8) is 0 Å². The molecular formula is C12H8BrCl3OS. The van der Waals surface area contributed by atoms with Crippen LogP contribution >= 0.6 is 62.1 Å². The maximum absolute atomic E-state index is 6.24. The van der Waals surface area contributed by atoms with Crippen LogP contribution in [-0.4, -0.2) is 7.11 Å². The maximum atomic E-state index is 6.24. The van der Waals surface area contributed by atoms with Crippen molar-refractivity contribution < 1.29 is 4.74 Å². The summed E-state index contributed by atoms with van der Waals surface area (Å²) in [5.41, 5.74) is 0.867.